The van der Waals surface area contributed by atoms with Crippen LogP contribution in [-0.2, 0) is 14.3 Å². The van der Waals surface area contributed by atoms with E-state index in [9.17, 15) is 19.5 Å². The summed E-state index contributed by atoms with van der Waals surface area (Å²) in [4.78, 5) is 44.8. The van der Waals surface area contributed by atoms with E-state index in [1.807, 2.05) is 0 Å². The van der Waals surface area contributed by atoms with Gasteiger partial charge in [0, 0.05) is 17.8 Å². The number of H-pyrrole nitrogens is 1. The number of aromatic amines is 1. The van der Waals surface area contributed by atoms with Gasteiger partial charge >= 0.3 is 5.97 Å². The number of rotatable bonds is 9. The van der Waals surface area contributed by atoms with Crippen LogP contribution in [0, 0.1) is 13.8 Å². The summed E-state index contributed by atoms with van der Waals surface area (Å²) in [5.41, 5.74) is 1.34. The van der Waals surface area contributed by atoms with Crippen molar-refractivity contribution in [1.82, 2.24) is 14.8 Å². The second kappa shape index (κ2) is 10.1. The maximum Gasteiger partial charge on any atom is 0.354 e. The predicted molar refractivity (Wildman–Crippen MR) is 122 cm³/mol. The van der Waals surface area contributed by atoms with Crippen LogP contribution in [0.3, 0.4) is 0 Å². The van der Waals surface area contributed by atoms with Crippen molar-refractivity contribution in [2.24, 2.45) is 0 Å². The van der Waals surface area contributed by atoms with Crippen molar-refractivity contribution in [3.8, 4) is 0 Å². The van der Waals surface area contributed by atoms with Gasteiger partial charge in [0.2, 0.25) is 0 Å². The average molecular weight is 458 g/mol. The molecule has 1 saturated heterocycles. The van der Waals surface area contributed by atoms with E-state index < -0.39 is 23.7 Å². The molecule has 0 saturated carbocycles. The Morgan fingerprint density at radius 1 is 1.27 bits per heavy atom. The summed E-state index contributed by atoms with van der Waals surface area (Å²) in [6.45, 7) is 10.4. The number of esters is 1. The SMILES string of the molecule is CCN(CC)CCCN1C(=O)C(=O)C(=C(O)c2c(C)[nH]c(C(=O)OC)c2C)[C@H]1c1ccco1. The van der Waals surface area contributed by atoms with E-state index in [0.29, 0.717) is 35.5 Å². The van der Waals surface area contributed by atoms with Crippen LogP contribution in [0.1, 0.15) is 59.4 Å². The Morgan fingerprint density at radius 3 is 2.55 bits per heavy atom. The Morgan fingerprint density at radius 2 is 1.97 bits per heavy atom. The molecule has 0 bridgehead atoms. The van der Waals surface area contributed by atoms with Crippen LogP contribution in [-0.4, -0.2) is 70.8 Å². The summed E-state index contributed by atoms with van der Waals surface area (Å²) in [5.74, 6) is -2.01. The third kappa shape index (κ3) is 4.45. The van der Waals surface area contributed by atoms with E-state index in [1.165, 1.54) is 18.3 Å². The second-order valence-electron chi connectivity index (χ2n) is 8.00. The van der Waals surface area contributed by atoms with Crippen molar-refractivity contribution in [1.29, 1.82) is 0 Å². The van der Waals surface area contributed by atoms with E-state index >= 15 is 0 Å². The monoisotopic (exact) mass is 457 g/mol. The quantitative estimate of drug-likeness (QED) is 0.257. The van der Waals surface area contributed by atoms with Gasteiger partial charge in [0.25, 0.3) is 11.7 Å². The first-order valence-corrected chi connectivity index (χ1v) is 11.1. The summed E-state index contributed by atoms with van der Waals surface area (Å²) in [5, 5.41) is 11.3. The number of hydrogen-bond acceptors (Lipinski definition) is 7. The molecule has 3 rings (SSSR count). The van der Waals surface area contributed by atoms with Crippen molar-refractivity contribution in [3.63, 3.8) is 0 Å². The molecule has 33 heavy (non-hydrogen) atoms. The van der Waals surface area contributed by atoms with Crippen molar-refractivity contribution in [2.45, 2.75) is 40.2 Å². The van der Waals surface area contributed by atoms with E-state index in [0.717, 1.165) is 19.6 Å². The number of likely N-dealkylation sites (tertiary alicyclic amines) is 1. The molecule has 2 aromatic heterocycles. The molecule has 1 atom stereocenters. The molecule has 178 valence electrons. The van der Waals surface area contributed by atoms with Crippen LogP contribution in [0.15, 0.2) is 28.4 Å². The molecular weight excluding hydrogens is 426 g/mol. The first-order valence-electron chi connectivity index (χ1n) is 11.1. The Kier molecular flexibility index (Phi) is 7.43. The minimum atomic E-state index is -0.855. The molecule has 1 aliphatic heterocycles. The van der Waals surface area contributed by atoms with Gasteiger partial charge in [-0.15, -0.1) is 0 Å². The van der Waals surface area contributed by atoms with Gasteiger partial charge < -0.3 is 29.0 Å². The number of carbonyl (C=O) groups is 3. The Balaban J connectivity index is 2.06. The van der Waals surface area contributed by atoms with Crippen molar-refractivity contribution >= 4 is 23.4 Å². The van der Waals surface area contributed by atoms with E-state index in [2.05, 4.69) is 23.7 Å². The molecule has 0 aliphatic carbocycles. The van der Waals surface area contributed by atoms with Gasteiger partial charge in [0.05, 0.1) is 18.9 Å². The Labute approximate surface area is 193 Å². The molecule has 1 amide bonds. The maximum absolute atomic E-state index is 13.1. The number of methoxy groups -OCH3 is 1. The number of furan rings is 1. The lowest BCUT2D eigenvalue weighted by molar-refractivity contribution is -0.140. The van der Waals surface area contributed by atoms with Crippen molar-refractivity contribution in [2.75, 3.05) is 33.3 Å². The lowest BCUT2D eigenvalue weighted by atomic mass is 9.97. The van der Waals surface area contributed by atoms with Crippen LogP contribution in [0.25, 0.3) is 5.76 Å². The number of aromatic nitrogens is 1. The first kappa shape index (κ1) is 24.3. The molecule has 1 aliphatic rings. The zero-order chi connectivity index (χ0) is 24.3. The lowest BCUT2D eigenvalue weighted by Gasteiger charge is -2.25. The summed E-state index contributed by atoms with van der Waals surface area (Å²) in [6.07, 6.45) is 2.13. The normalized spacial score (nSPS) is 17.9. The number of ether oxygens (including phenoxy) is 1. The highest BCUT2D eigenvalue weighted by atomic mass is 16.5. The number of aliphatic hydroxyl groups excluding tert-OH is 1. The number of hydrogen-bond donors (Lipinski definition) is 2. The van der Waals surface area contributed by atoms with Crippen LogP contribution >= 0.6 is 0 Å². The largest absolute Gasteiger partial charge is 0.507 e. The Bertz CT molecular complexity index is 1060. The van der Waals surface area contributed by atoms with Crippen LogP contribution < -0.4 is 0 Å². The number of amides is 1. The molecule has 9 heteroatoms. The van der Waals surface area contributed by atoms with E-state index in [1.54, 1.807) is 26.0 Å². The van der Waals surface area contributed by atoms with Gasteiger partial charge in [0.15, 0.2) is 0 Å². The number of ketones is 1. The number of nitrogens with one attached hydrogen (secondary N) is 1. The molecule has 0 radical (unpaired) electrons. The molecule has 0 spiro atoms. The van der Waals surface area contributed by atoms with Gasteiger partial charge in [-0.2, -0.15) is 0 Å². The van der Waals surface area contributed by atoms with Gasteiger partial charge in [-0.25, -0.2) is 4.79 Å². The van der Waals surface area contributed by atoms with Crippen molar-refractivity contribution < 1.29 is 28.6 Å². The minimum Gasteiger partial charge on any atom is -0.507 e. The van der Waals surface area contributed by atoms with Gasteiger partial charge in [-0.1, -0.05) is 13.8 Å². The fourth-order valence-corrected chi connectivity index (χ4v) is 4.40. The number of aryl methyl sites for hydroxylation is 1. The third-order valence-electron chi connectivity index (χ3n) is 6.18. The molecule has 1 fully saturated rings. The molecule has 2 aromatic rings. The van der Waals surface area contributed by atoms with Gasteiger partial charge in [0.1, 0.15) is 23.3 Å². The fraction of sp³-hybridized carbons (Fsp3) is 0.458. The maximum atomic E-state index is 13.1. The molecule has 3 heterocycles. The molecule has 0 aromatic carbocycles. The molecule has 2 N–H and O–H groups in total. The number of carbonyl (C=O) groups excluding carboxylic acids is 3. The highest BCUT2D eigenvalue weighted by Crippen LogP contribution is 2.41. The molecular formula is C24H31N3O6. The number of aliphatic hydroxyl groups is 1. The minimum absolute atomic E-state index is 0.0561. The summed E-state index contributed by atoms with van der Waals surface area (Å²) in [6, 6.07) is 2.50. The van der Waals surface area contributed by atoms with Crippen LogP contribution in [0.4, 0.5) is 0 Å². The number of nitrogens with zero attached hydrogens (tertiary/aromatic N) is 2. The highest BCUT2D eigenvalue weighted by molar-refractivity contribution is 6.46. The fourth-order valence-electron chi connectivity index (χ4n) is 4.40. The van der Waals surface area contributed by atoms with Gasteiger partial charge in [-0.3, -0.25) is 9.59 Å². The topological polar surface area (TPSA) is 116 Å². The second-order valence-corrected chi connectivity index (χ2v) is 8.00. The van der Waals surface area contributed by atoms with Gasteiger partial charge in [-0.05, 0) is 57.6 Å². The van der Waals surface area contributed by atoms with Crippen LogP contribution in [0.2, 0.25) is 0 Å². The standard InChI is InChI=1S/C24H31N3O6/c1-6-26(7-2)11-9-12-27-20(16-10-8-13-33-16)18(22(29)23(27)30)21(28)17-14(3)19(24(31)32-5)25-15(17)4/h8,10,13,20,25,28H,6-7,9,11-12H2,1-5H3/t20-/m1/s1. The third-order valence-corrected chi connectivity index (χ3v) is 6.18. The van der Waals surface area contributed by atoms with E-state index in [-0.39, 0.29) is 17.0 Å². The van der Waals surface area contributed by atoms with Crippen molar-refractivity contribution in [3.05, 3.63) is 52.2 Å². The highest BCUT2D eigenvalue weighted by Gasteiger charge is 2.47. The predicted octanol–water partition coefficient (Wildman–Crippen LogP) is 3.16. The zero-order valence-corrected chi connectivity index (χ0v) is 19.7. The molecule has 9 nitrogen and oxygen atoms in total. The Hall–Kier alpha value is -3.33. The van der Waals surface area contributed by atoms with Crippen LogP contribution in [0.5, 0.6) is 0 Å². The lowest BCUT2D eigenvalue weighted by Crippen LogP contribution is -2.33. The number of Topliss-reactive ketones (excluding diaryl/α,β-unsaturated/α-hetero) is 1. The first-order chi connectivity index (χ1) is 15.8. The van der Waals surface area contributed by atoms with E-state index in [4.69, 9.17) is 9.15 Å². The zero-order valence-electron chi connectivity index (χ0n) is 19.7. The summed E-state index contributed by atoms with van der Waals surface area (Å²) in [7, 11) is 1.26. The smallest absolute Gasteiger partial charge is 0.354 e. The summed E-state index contributed by atoms with van der Waals surface area (Å²) >= 11 is 0. The summed E-state index contributed by atoms with van der Waals surface area (Å²) < 4.78 is 10.4. The average Bonchev–Trinajstić information content (AvgIpc) is 3.49. The molecule has 0 unspecified atom stereocenters.